The van der Waals surface area contributed by atoms with Gasteiger partial charge >= 0.3 is 0 Å². The van der Waals surface area contributed by atoms with E-state index in [1.54, 1.807) is 20.9 Å². The van der Waals surface area contributed by atoms with E-state index in [-0.39, 0.29) is 5.90 Å². The summed E-state index contributed by atoms with van der Waals surface area (Å²) in [6.45, 7) is 3.50. The van der Waals surface area contributed by atoms with Crippen LogP contribution in [0.2, 0.25) is 0 Å². The van der Waals surface area contributed by atoms with Crippen LogP contribution < -0.4 is 5.48 Å². The minimum atomic E-state index is 0.0220. The van der Waals surface area contributed by atoms with Gasteiger partial charge in [0.25, 0.3) is 0 Å². The third kappa shape index (κ3) is 1.45. The Bertz CT molecular complexity index is 273. The summed E-state index contributed by atoms with van der Waals surface area (Å²) < 4.78 is 4.86. The molecule has 0 bridgehead atoms. The zero-order valence-electron chi connectivity index (χ0n) is 7.26. The van der Waals surface area contributed by atoms with Crippen molar-refractivity contribution in [3.8, 4) is 0 Å². The van der Waals surface area contributed by atoms with Crippen molar-refractivity contribution < 1.29 is 9.36 Å². The van der Waals surface area contributed by atoms with Crippen LogP contribution in [0.5, 0.6) is 0 Å². The quantitative estimate of drug-likeness (QED) is 0.389. The molecule has 1 rings (SSSR count). The molecule has 12 heavy (non-hydrogen) atoms. The van der Waals surface area contributed by atoms with E-state index in [1.165, 1.54) is 0 Å². The molecule has 0 saturated heterocycles. The van der Waals surface area contributed by atoms with Crippen molar-refractivity contribution in [2.75, 3.05) is 7.05 Å². The Balaban J connectivity index is 2.93. The lowest BCUT2D eigenvalue weighted by atomic mass is 10.2. The highest BCUT2D eigenvalue weighted by atomic mass is 16.6. The van der Waals surface area contributed by atoms with Gasteiger partial charge in [-0.05, 0) is 13.8 Å². The van der Waals surface area contributed by atoms with Crippen molar-refractivity contribution in [2.24, 2.45) is 0 Å². The van der Waals surface area contributed by atoms with Crippen LogP contribution in [0.1, 0.15) is 17.0 Å². The second-order valence-electron chi connectivity index (χ2n) is 2.33. The number of nitrogens with zero attached hydrogens (tertiary/aromatic N) is 1. The number of hydrogen-bond donors (Lipinski definition) is 2. The lowest BCUT2D eigenvalue weighted by molar-refractivity contribution is 0.207. The van der Waals surface area contributed by atoms with Crippen LogP contribution in [-0.2, 0) is 4.84 Å². The fraction of sp³-hybridized carbons (Fsp3) is 0.429. The molecule has 0 aliphatic rings. The number of hydroxylamine groups is 1. The van der Waals surface area contributed by atoms with Crippen molar-refractivity contribution in [3.63, 3.8) is 0 Å². The number of aromatic nitrogens is 1. The van der Waals surface area contributed by atoms with Crippen LogP contribution in [0, 0.1) is 19.3 Å². The molecule has 0 aromatic carbocycles. The Labute approximate surface area is 70.2 Å². The molecule has 0 fully saturated rings. The lowest BCUT2D eigenvalue weighted by Gasteiger charge is -2.02. The third-order valence-corrected chi connectivity index (χ3v) is 1.46. The number of rotatable bonds is 2. The van der Waals surface area contributed by atoms with Gasteiger partial charge in [-0.3, -0.25) is 5.41 Å². The molecule has 0 aliphatic heterocycles. The average molecular weight is 169 g/mol. The summed E-state index contributed by atoms with van der Waals surface area (Å²) in [6.07, 6.45) is 0. The summed E-state index contributed by atoms with van der Waals surface area (Å²) in [4.78, 5) is 4.78. The number of aryl methyl sites for hydroxylation is 2. The fourth-order valence-electron chi connectivity index (χ4n) is 0.960. The molecule has 1 aromatic rings. The molecule has 0 unspecified atom stereocenters. The molecular formula is C7H11N3O2. The first-order chi connectivity index (χ1) is 5.66. The first-order valence-electron chi connectivity index (χ1n) is 3.52. The van der Waals surface area contributed by atoms with Gasteiger partial charge in [0.1, 0.15) is 11.3 Å². The van der Waals surface area contributed by atoms with E-state index in [4.69, 9.17) is 14.8 Å². The predicted molar refractivity (Wildman–Crippen MR) is 43.0 cm³/mol. The van der Waals surface area contributed by atoms with Gasteiger partial charge in [0.2, 0.25) is 5.90 Å². The first-order valence-corrected chi connectivity index (χ1v) is 3.52. The van der Waals surface area contributed by atoms with E-state index >= 15 is 0 Å². The smallest absolute Gasteiger partial charge is 0.243 e. The fourth-order valence-corrected chi connectivity index (χ4v) is 0.960. The highest BCUT2D eigenvalue weighted by molar-refractivity contribution is 5.93. The molecule has 0 atom stereocenters. The molecule has 5 heteroatoms. The Morgan fingerprint density at radius 1 is 1.58 bits per heavy atom. The Morgan fingerprint density at radius 2 is 2.25 bits per heavy atom. The SMILES string of the molecule is CNOC(=N)c1c(C)noc1C. The van der Waals surface area contributed by atoms with E-state index in [0.717, 1.165) is 0 Å². The van der Waals surface area contributed by atoms with Crippen molar-refractivity contribution >= 4 is 5.90 Å². The van der Waals surface area contributed by atoms with Gasteiger partial charge in [-0.15, -0.1) is 0 Å². The van der Waals surface area contributed by atoms with E-state index in [2.05, 4.69) is 10.6 Å². The van der Waals surface area contributed by atoms with E-state index in [9.17, 15) is 0 Å². The van der Waals surface area contributed by atoms with Crippen LogP contribution >= 0.6 is 0 Å². The molecule has 5 nitrogen and oxygen atoms in total. The van der Waals surface area contributed by atoms with Crippen LogP contribution in [0.15, 0.2) is 4.52 Å². The maximum absolute atomic E-state index is 7.44. The topological polar surface area (TPSA) is 71.1 Å². The normalized spacial score (nSPS) is 9.92. The van der Waals surface area contributed by atoms with E-state index in [0.29, 0.717) is 17.0 Å². The van der Waals surface area contributed by atoms with Crippen LogP contribution in [0.3, 0.4) is 0 Å². The zero-order valence-corrected chi connectivity index (χ0v) is 7.26. The van der Waals surface area contributed by atoms with Crippen LogP contribution in [0.4, 0.5) is 0 Å². The van der Waals surface area contributed by atoms with Crippen molar-refractivity contribution in [1.82, 2.24) is 10.6 Å². The molecule has 0 aliphatic carbocycles. The lowest BCUT2D eigenvalue weighted by Crippen LogP contribution is -2.16. The van der Waals surface area contributed by atoms with Gasteiger partial charge in [-0.25, -0.2) is 0 Å². The van der Waals surface area contributed by atoms with E-state index in [1.807, 2.05) is 0 Å². The summed E-state index contributed by atoms with van der Waals surface area (Å²) in [5.41, 5.74) is 3.68. The monoisotopic (exact) mass is 169 g/mol. The second kappa shape index (κ2) is 3.36. The Kier molecular flexibility index (Phi) is 2.44. The summed E-state index contributed by atoms with van der Waals surface area (Å²) >= 11 is 0. The second-order valence-corrected chi connectivity index (χ2v) is 2.33. The molecule has 2 N–H and O–H groups in total. The maximum Gasteiger partial charge on any atom is 0.243 e. The standard InChI is InChI=1S/C7H11N3O2/c1-4-6(5(2)11-10-4)7(8)12-9-3/h8-9H,1-3H3. The molecule has 66 valence electrons. The third-order valence-electron chi connectivity index (χ3n) is 1.46. The van der Waals surface area contributed by atoms with E-state index < -0.39 is 0 Å². The minimum Gasteiger partial charge on any atom is -0.388 e. The predicted octanol–water partition coefficient (Wildman–Crippen LogP) is 0.768. The largest absolute Gasteiger partial charge is 0.388 e. The Hall–Kier alpha value is -1.36. The average Bonchev–Trinajstić information content (AvgIpc) is 2.32. The Morgan fingerprint density at radius 3 is 2.67 bits per heavy atom. The molecule has 0 radical (unpaired) electrons. The van der Waals surface area contributed by atoms with Gasteiger partial charge < -0.3 is 9.36 Å². The van der Waals surface area contributed by atoms with Gasteiger partial charge in [0.05, 0.1) is 5.69 Å². The van der Waals surface area contributed by atoms with Crippen LogP contribution in [-0.4, -0.2) is 18.1 Å². The van der Waals surface area contributed by atoms with Crippen molar-refractivity contribution in [1.29, 1.82) is 5.41 Å². The minimum absolute atomic E-state index is 0.0220. The van der Waals surface area contributed by atoms with Gasteiger partial charge in [0.15, 0.2) is 0 Å². The van der Waals surface area contributed by atoms with Gasteiger partial charge in [-0.2, -0.15) is 5.48 Å². The van der Waals surface area contributed by atoms with Crippen LogP contribution in [0.25, 0.3) is 0 Å². The highest BCUT2D eigenvalue weighted by Gasteiger charge is 2.14. The molecule has 1 heterocycles. The molecular weight excluding hydrogens is 158 g/mol. The molecule has 0 spiro atoms. The first kappa shape index (κ1) is 8.73. The summed E-state index contributed by atoms with van der Waals surface area (Å²) in [5.74, 6) is 0.613. The summed E-state index contributed by atoms with van der Waals surface area (Å²) in [7, 11) is 1.59. The van der Waals surface area contributed by atoms with Crippen molar-refractivity contribution in [3.05, 3.63) is 17.0 Å². The number of nitrogens with one attached hydrogen (secondary N) is 2. The zero-order chi connectivity index (χ0) is 9.14. The van der Waals surface area contributed by atoms with Gasteiger partial charge in [-0.1, -0.05) is 5.16 Å². The van der Waals surface area contributed by atoms with Gasteiger partial charge in [0, 0.05) is 7.05 Å². The molecule has 0 saturated carbocycles. The summed E-state index contributed by atoms with van der Waals surface area (Å²) in [5, 5.41) is 11.1. The maximum atomic E-state index is 7.44. The molecule has 0 amide bonds. The number of hydrogen-bond acceptors (Lipinski definition) is 5. The highest BCUT2D eigenvalue weighted by Crippen LogP contribution is 2.12. The summed E-state index contributed by atoms with van der Waals surface area (Å²) in [6, 6.07) is 0. The molecule has 1 aromatic heterocycles. The van der Waals surface area contributed by atoms with Crippen molar-refractivity contribution in [2.45, 2.75) is 13.8 Å².